The van der Waals surface area contributed by atoms with Gasteiger partial charge in [0, 0.05) is 26.1 Å². The number of rotatable bonds is 6. The molecule has 0 aliphatic carbocycles. The van der Waals surface area contributed by atoms with Crippen molar-refractivity contribution in [1.29, 1.82) is 0 Å². The molecule has 0 spiro atoms. The Hall–Kier alpha value is -2.14. The smallest absolute Gasteiger partial charge is 0.406 e. The molecule has 1 aromatic rings. The number of sulfonamides is 1. The van der Waals surface area contributed by atoms with Gasteiger partial charge in [0.2, 0.25) is 15.9 Å². The second-order valence-electron chi connectivity index (χ2n) is 5.91. The number of benzene rings is 1. The van der Waals surface area contributed by atoms with E-state index in [1.165, 1.54) is 24.3 Å². The van der Waals surface area contributed by atoms with Gasteiger partial charge in [-0.25, -0.2) is 13.1 Å². The van der Waals surface area contributed by atoms with Gasteiger partial charge < -0.3 is 10.0 Å². The minimum atomic E-state index is -4.98. The first kappa shape index (κ1) is 20.2. The molecule has 0 radical (unpaired) electrons. The molecule has 2 N–H and O–H groups in total. The van der Waals surface area contributed by atoms with Crippen molar-refractivity contribution in [2.45, 2.75) is 23.9 Å². The van der Waals surface area contributed by atoms with Gasteiger partial charge in [-0.1, -0.05) is 18.2 Å². The molecule has 1 unspecified atom stereocenters. The summed E-state index contributed by atoms with van der Waals surface area (Å²) in [6.07, 6.45) is -6.09. The average Bonchev–Trinajstić information content (AvgIpc) is 3.02. The molecule has 1 aliphatic heterocycles. The van der Waals surface area contributed by atoms with E-state index in [1.807, 2.05) is 0 Å². The maximum absolute atomic E-state index is 13.1. The molecule has 1 saturated heterocycles. The molecule has 26 heavy (non-hydrogen) atoms. The van der Waals surface area contributed by atoms with Gasteiger partial charge in [-0.2, -0.15) is 13.2 Å². The molecule has 1 amide bonds. The number of likely N-dealkylation sites (tertiary alicyclic amines) is 1. The Balaban J connectivity index is 1.95. The van der Waals surface area contributed by atoms with Gasteiger partial charge in [0.05, 0.1) is 4.90 Å². The van der Waals surface area contributed by atoms with Crippen molar-refractivity contribution in [3.8, 4) is 0 Å². The van der Waals surface area contributed by atoms with Crippen LogP contribution in [0.2, 0.25) is 0 Å². The Kier molecular flexibility index (Phi) is 5.61. The van der Waals surface area contributed by atoms with Crippen LogP contribution >= 0.6 is 0 Å². The lowest BCUT2D eigenvalue weighted by Gasteiger charge is -2.27. The summed E-state index contributed by atoms with van der Waals surface area (Å²) in [5, 5.41) is 8.96. The van der Waals surface area contributed by atoms with E-state index in [1.54, 1.807) is 6.07 Å². The predicted molar refractivity (Wildman–Crippen MR) is 83.6 cm³/mol. The lowest BCUT2D eigenvalue weighted by Crippen LogP contribution is -2.48. The highest BCUT2D eigenvalue weighted by Crippen LogP contribution is 2.45. The number of halogens is 3. The summed E-state index contributed by atoms with van der Waals surface area (Å²) in [5.41, 5.74) is -2.98. The average molecular weight is 394 g/mol. The van der Waals surface area contributed by atoms with Crippen LogP contribution in [0.3, 0.4) is 0 Å². The van der Waals surface area contributed by atoms with E-state index in [2.05, 4.69) is 4.72 Å². The number of alkyl halides is 3. The van der Waals surface area contributed by atoms with E-state index >= 15 is 0 Å². The molecular weight excluding hydrogens is 377 g/mol. The van der Waals surface area contributed by atoms with Gasteiger partial charge in [-0.15, -0.1) is 0 Å². The van der Waals surface area contributed by atoms with E-state index in [4.69, 9.17) is 5.11 Å². The molecule has 0 saturated carbocycles. The number of nitrogens with zero attached hydrogens (tertiary/aromatic N) is 1. The van der Waals surface area contributed by atoms with Crippen LogP contribution in [0.4, 0.5) is 13.2 Å². The molecular formula is C15H17F3N2O5S. The van der Waals surface area contributed by atoms with Crippen LogP contribution in [-0.4, -0.2) is 56.1 Å². The van der Waals surface area contributed by atoms with Crippen molar-refractivity contribution in [2.75, 3.05) is 19.6 Å². The van der Waals surface area contributed by atoms with E-state index in [-0.39, 0.29) is 24.4 Å². The van der Waals surface area contributed by atoms with E-state index in [0.29, 0.717) is 0 Å². The van der Waals surface area contributed by atoms with Crippen LogP contribution in [-0.2, 0) is 19.6 Å². The Labute approximate surface area is 147 Å². The number of carbonyl (C=O) groups is 2. The van der Waals surface area contributed by atoms with E-state index < -0.39 is 46.5 Å². The van der Waals surface area contributed by atoms with Gasteiger partial charge in [-0.05, 0) is 18.6 Å². The van der Waals surface area contributed by atoms with Crippen LogP contribution in [0.1, 0.15) is 12.8 Å². The minimum Gasteiger partial charge on any atom is -0.481 e. The van der Waals surface area contributed by atoms with Gasteiger partial charge in [0.1, 0.15) is 0 Å². The highest BCUT2D eigenvalue weighted by atomic mass is 32.2. The molecule has 0 aromatic heterocycles. The summed E-state index contributed by atoms with van der Waals surface area (Å²) in [4.78, 5) is 23.9. The third-order valence-electron chi connectivity index (χ3n) is 4.26. The molecule has 1 heterocycles. The Bertz CT molecular complexity index is 782. The highest BCUT2D eigenvalue weighted by molar-refractivity contribution is 7.89. The molecule has 0 bridgehead atoms. The summed E-state index contributed by atoms with van der Waals surface area (Å²) < 4.78 is 65.4. The predicted octanol–water partition coefficient (Wildman–Crippen LogP) is 1.22. The van der Waals surface area contributed by atoms with Crippen molar-refractivity contribution in [1.82, 2.24) is 9.62 Å². The molecule has 1 aliphatic rings. The molecule has 144 valence electrons. The molecule has 2 rings (SSSR count). The minimum absolute atomic E-state index is 0.00409. The largest absolute Gasteiger partial charge is 0.481 e. The fraction of sp³-hybridized carbons (Fsp3) is 0.467. The monoisotopic (exact) mass is 394 g/mol. The maximum atomic E-state index is 13.1. The number of carboxylic acids is 1. The van der Waals surface area contributed by atoms with Crippen molar-refractivity contribution in [3.05, 3.63) is 30.3 Å². The summed E-state index contributed by atoms with van der Waals surface area (Å²) in [6.45, 7) is -1.63. The third-order valence-corrected chi connectivity index (χ3v) is 5.74. The number of carboxylic acid groups (broad SMARTS) is 1. The normalized spacial score (nSPS) is 21.0. The van der Waals surface area contributed by atoms with Crippen molar-refractivity contribution < 1.29 is 36.3 Å². The zero-order chi connectivity index (χ0) is 19.6. The first-order valence-electron chi connectivity index (χ1n) is 7.62. The molecule has 11 heteroatoms. The fourth-order valence-corrected chi connectivity index (χ4v) is 3.74. The van der Waals surface area contributed by atoms with Crippen molar-refractivity contribution in [3.63, 3.8) is 0 Å². The fourth-order valence-electron chi connectivity index (χ4n) is 2.68. The summed E-state index contributed by atoms with van der Waals surface area (Å²) in [7, 11) is -3.83. The maximum Gasteiger partial charge on any atom is 0.406 e. The number of amides is 1. The van der Waals surface area contributed by atoms with E-state index in [0.717, 1.165) is 4.90 Å². The SMILES string of the molecule is O=C(CCNS(=O)(=O)c1ccccc1)N1CCC(C(=O)O)(C(F)(F)F)C1. The summed E-state index contributed by atoms with van der Waals surface area (Å²) in [5.74, 6) is -2.77. The van der Waals surface area contributed by atoms with Crippen LogP contribution in [0.15, 0.2) is 35.2 Å². The summed E-state index contributed by atoms with van der Waals surface area (Å²) in [6, 6.07) is 7.38. The molecule has 1 atom stereocenters. The topological polar surface area (TPSA) is 104 Å². The number of carbonyl (C=O) groups excluding carboxylic acids is 1. The van der Waals surface area contributed by atoms with Crippen molar-refractivity contribution in [2.24, 2.45) is 5.41 Å². The quantitative estimate of drug-likeness (QED) is 0.755. The Morgan fingerprint density at radius 3 is 2.35 bits per heavy atom. The standard InChI is InChI=1S/C15H17F3N2O5S/c16-15(17,18)14(13(22)23)7-9-20(10-14)12(21)6-8-19-26(24,25)11-4-2-1-3-5-11/h1-5,19H,6-10H2,(H,22,23). The molecule has 1 aromatic carbocycles. The van der Waals surface area contributed by atoms with Crippen LogP contribution in [0, 0.1) is 5.41 Å². The highest BCUT2D eigenvalue weighted by Gasteiger charge is 2.64. The number of aliphatic carboxylic acids is 1. The van der Waals surface area contributed by atoms with Gasteiger partial charge >= 0.3 is 12.1 Å². The van der Waals surface area contributed by atoms with Gasteiger partial charge in [0.15, 0.2) is 5.41 Å². The second-order valence-corrected chi connectivity index (χ2v) is 7.68. The molecule has 7 nitrogen and oxygen atoms in total. The second kappa shape index (κ2) is 7.23. The zero-order valence-electron chi connectivity index (χ0n) is 13.5. The number of nitrogens with one attached hydrogen (secondary N) is 1. The van der Waals surface area contributed by atoms with Crippen molar-refractivity contribution >= 4 is 21.9 Å². The Morgan fingerprint density at radius 2 is 1.85 bits per heavy atom. The van der Waals surface area contributed by atoms with Crippen LogP contribution in [0.25, 0.3) is 0 Å². The first-order valence-corrected chi connectivity index (χ1v) is 9.10. The summed E-state index contributed by atoms with van der Waals surface area (Å²) >= 11 is 0. The lowest BCUT2D eigenvalue weighted by molar-refractivity contribution is -0.227. The third kappa shape index (κ3) is 3.98. The van der Waals surface area contributed by atoms with Gasteiger partial charge in [0.25, 0.3) is 0 Å². The zero-order valence-corrected chi connectivity index (χ0v) is 14.3. The Morgan fingerprint density at radius 1 is 1.23 bits per heavy atom. The first-order chi connectivity index (χ1) is 12.0. The number of hydrogen-bond acceptors (Lipinski definition) is 4. The van der Waals surface area contributed by atoms with Crippen LogP contribution < -0.4 is 4.72 Å². The van der Waals surface area contributed by atoms with E-state index in [9.17, 15) is 31.2 Å². The van der Waals surface area contributed by atoms with Crippen LogP contribution in [0.5, 0.6) is 0 Å². The molecule has 1 fully saturated rings. The lowest BCUT2D eigenvalue weighted by atomic mass is 9.86. The van der Waals surface area contributed by atoms with Gasteiger partial charge in [-0.3, -0.25) is 9.59 Å². The number of hydrogen-bond donors (Lipinski definition) is 2.